The highest BCUT2D eigenvalue weighted by Crippen LogP contribution is 2.14. The maximum atomic E-state index is 11.7. The number of carbonyl (C=O) groups excluding carboxylic acids is 1. The van der Waals surface area contributed by atoms with Crippen LogP contribution in [-0.4, -0.2) is 53.5 Å². The van der Waals surface area contributed by atoms with Gasteiger partial charge in [0.05, 0.1) is 13.2 Å². The molecule has 0 saturated carbocycles. The molecule has 0 radical (unpaired) electrons. The summed E-state index contributed by atoms with van der Waals surface area (Å²) in [4.78, 5) is 23.7. The van der Waals surface area contributed by atoms with Gasteiger partial charge in [0.1, 0.15) is 5.60 Å². The number of morpholine rings is 1. The zero-order valence-corrected chi connectivity index (χ0v) is 9.73. The summed E-state index contributed by atoms with van der Waals surface area (Å²) in [6.45, 7) is 5.77. The van der Waals surface area contributed by atoms with Crippen LogP contribution in [0, 0.1) is 0 Å². The van der Waals surface area contributed by atoms with Gasteiger partial charge in [-0.05, 0) is 20.8 Å². The molecule has 1 heterocycles. The van der Waals surface area contributed by atoms with Gasteiger partial charge in [-0.1, -0.05) is 0 Å². The molecule has 1 saturated heterocycles. The van der Waals surface area contributed by atoms with Gasteiger partial charge in [-0.2, -0.15) is 0 Å². The predicted molar refractivity (Wildman–Crippen MR) is 55.2 cm³/mol. The summed E-state index contributed by atoms with van der Waals surface area (Å²) in [6, 6.07) is -0.856. The van der Waals surface area contributed by atoms with Crippen molar-refractivity contribution in [3.63, 3.8) is 0 Å². The van der Waals surface area contributed by atoms with E-state index in [1.165, 1.54) is 0 Å². The predicted octanol–water partition coefficient (Wildman–Crippen LogP) is 0.707. The van der Waals surface area contributed by atoms with E-state index in [-0.39, 0.29) is 13.2 Å². The van der Waals surface area contributed by atoms with Crippen LogP contribution in [0.5, 0.6) is 0 Å². The quantitative estimate of drug-likeness (QED) is 0.672. The lowest BCUT2D eigenvalue weighted by Crippen LogP contribution is -2.53. The molecule has 1 fully saturated rings. The highest BCUT2D eigenvalue weighted by Gasteiger charge is 2.35. The molecule has 0 aromatic carbocycles. The zero-order valence-electron chi connectivity index (χ0n) is 9.73. The first kappa shape index (κ1) is 12.8. The SMILES string of the molecule is CC(C)(C)OC(=O)C1COCCN1C(=O)O. The Kier molecular flexibility index (Phi) is 3.74. The van der Waals surface area contributed by atoms with Gasteiger partial charge in [0.25, 0.3) is 0 Å². The molecule has 1 aliphatic rings. The number of nitrogens with zero attached hydrogens (tertiary/aromatic N) is 1. The molecular weight excluding hydrogens is 214 g/mol. The van der Waals surface area contributed by atoms with E-state index in [4.69, 9.17) is 14.6 Å². The maximum absolute atomic E-state index is 11.7. The van der Waals surface area contributed by atoms with Gasteiger partial charge < -0.3 is 14.6 Å². The summed E-state index contributed by atoms with van der Waals surface area (Å²) in [5.74, 6) is -0.561. The molecular formula is C10H17NO5. The van der Waals surface area contributed by atoms with E-state index in [1.54, 1.807) is 20.8 Å². The number of hydrogen-bond donors (Lipinski definition) is 1. The Hall–Kier alpha value is -1.30. The van der Waals surface area contributed by atoms with E-state index < -0.39 is 23.7 Å². The normalized spacial score (nSPS) is 21.7. The summed E-state index contributed by atoms with van der Waals surface area (Å²) in [5.41, 5.74) is -0.626. The van der Waals surface area contributed by atoms with Gasteiger partial charge in [0.15, 0.2) is 6.04 Å². The third-order valence-electron chi connectivity index (χ3n) is 2.05. The standard InChI is InChI=1S/C10H17NO5/c1-10(2,3)16-8(12)7-6-15-5-4-11(7)9(13)14/h7H,4-6H2,1-3H3,(H,13,14). The van der Waals surface area contributed by atoms with Crippen LogP contribution >= 0.6 is 0 Å². The highest BCUT2D eigenvalue weighted by molar-refractivity contribution is 5.81. The van der Waals surface area contributed by atoms with Crippen LogP contribution in [0.1, 0.15) is 20.8 Å². The summed E-state index contributed by atoms with van der Waals surface area (Å²) < 4.78 is 10.2. The fourth-order valence-electron chi connectivity index (χ4n) is 1.40. The van der Waals surface area contributed by atoms with Gasteiger partial charge >= 0.3 is 12.1 Å². The molecule has 0 bridgehead atoms. The van der Waals surface area contributed by atoms with Crippen LogP contribution in [0.15, 0.2) is 0 Å². The topological polar surface area (TPSA) is 76.1 Å². The van der Waals surface area contributed by atoms with Crippen molar-refractivity contribution in [3.8, 4) is 0 Å². The molecule has 1 aliphatic heterocycles. The molecule has 0 aromatic rings. The number of hydrogen-bond acceptors (Lipinski definition) is 4. The van der Waals surface area contributed by atoms with Crippen molar-refractivity contribution in [1.29, 1.82) is 0 Å². The lowest BCUT2D eigenvalue weighted by Gasteiger charge is -2.33. The largest absolute Gasteiger partial charge is 0.465 e. The molecule has 1 amide bonds. The molecule has 6 heteroatoms. The number of ether oxygens (including phenoxy) is 2. The Balaban J connectivity index is 2.68. The van der Waals surface area contributed by atoms with E-state index in [2.05, 4.69) is 0 Å². The first-order valence-corrected chi connectivity index (χ1v) is 5.11. The van der Waals surface area contributed by atoms with E-state index in [0.29, 0.717) is 6.61 Å². The van der Waals surface area contributed by atoms with Crippen LogP contribution in [0.25, 0.3) is 0 Å². The molecule has 16 heavy (non-hydrogen) atoms. The van der Waals surface area contributed by atoms with Gasteiger partial charge in [-0.15, -0.1) is 0 Å². The minimum atomic E-state index is -1.13. The minimum Gasteiger partial charge on any atom is -0.465 e. The number of carbonyl (C=O) groups is 2. The van der Waals surface area contributed by atoms with Crippen molar-refractivity contribution in [2.45, 2.75) is 32.4 Å². The molecule has 1 rings (SSSR count). The molecule has 1 N–H and O–H groups in total. The fourth-order valence-corrected chi connectivity index (χ4v) is 1.40. The van der Waals surface area contributed by atoms with E-state index >= 15 is 0 Å². The van der Waals surface area contributed by atoms with Crippen molar-refractivity contribution in [2.75, 3.05) is 19.8 Å². The summed E-state index contributed by atoms with van der Waals surface area (Å²) in [7, 11) is 0. The highest BCUT2D eigenvalue weighted by atomic mass is 16.6. The molecule has 0 spiro atoms. The smallest absolute Gasteiger partial charge is 0.408 e. The van der Waals surface area contributed by atoms with E-state index in [9.17, 15) is 9.59 Å². The number of esters is 1. The van der Waals surface area contributed by atoms with Crippen LogP contribution in [0.2, 0.25) is 0 Å². The first-order valence-electron chi connectivity index (χ1n) is 5.11. The Morgan fingerprint density at radius 2 is 2.06 bits per heavy atom. The zero-order chi connectivity index (χ0) is 12.3. The van der Waals surface area contributed by atoms with Crippen molar-refractivity contribution < 1.29 is 24.2 Å². The number of carboxylic acid groups (broad SMARTS) is 1. The Bertz CT molecular complexity index is 283. The van der Waals surface area contributed by atoms with Gasteiger partial charge in [0, 0.05) is 6.54 Å². The Morgan fingerprint density at radius 3 is 2.56 bits per heavy atom. The molecule has 6 nitrogen and oxygen atoms in total. The first-order chi connectivity index (χ1) is 7.31. The average molecular weight is 231 g/mol. The summed E-state index contributed by atoms with van der Waals surface area (Å²) >= 11 is 0. The Labute approximate surface area is 94.1 Å². The van der Waals surface area contributed by atoms with Crippen molar-refractivity contribution in [2.24, 2.45) is 0 Å². The second kappa shape index (κ2) is 4.69. The van der Waals surface area contributed by atoms with Gasteiger partial charge in [-0.25, -0.2) is 9.59 Å². The van der Waals surface area contributed by atoms with Gasteiger partial charge in [-0.3, -0.25) is 4.90 Å². The van der Waals surface area contributed by atoms with Crippen molar-refractivity contribution >= 4 is 12.1 Å². The van der Waals surface area contributed by atoms with E-state index in [1.807, 2.05) is 0 Å². The maximum Gasteiger partial charge on any atom is 0.408 e. The lowest BCUT2D eigenvalue weighted by atomic mass is 10.2. The molecule has 0 aromatic heterocycles. The monoisotopic (exact) mass is 231 g/mol. The van der Waals surface area contributed by atoms with Crippen molar-refractivity contribution in [3.05, 3.63) is 0 Å². The Morgan fingerprint density at radius 1 is 1.44 bits per heavy atom. The number of rotatable bonds is 1. The van der Waals surface area contributed by atoms with Crippen molar-refractivity contribution in [1.82, 2.24) is 4.90 Å². The molecule has 92 valence electrons. The molecule has 1 unspecified atom stereocenters. The van der Waals surface area contributed by atoms with E-state index in [0.717, 1.165) is 4.90 Å². The molecule has 1 atom stereocenters. The second-order valence-corrected chi connectivity index (χ2v) is 4.60. The third kappa shape index (κ3) is 3.37. The van der Waals surface area contributed by atoms with Crippen LogP contribution < -0.4 is 0 Å². The number of amides is 1. The average Bonchev–Trinajstić information content (AvgIpc) is 2.15. The lowest BCUT2D eigenvalue weighted by molar-refractivity contribution is -0.166. The van der Waals surface area contributed by atoms with Crippen LogP contribution in [0.3, 0.4) is 0 Å². The second-order valence-electron chi connectivity index (χ2n) is 4.60. The summed E-state index contributed by atoms with van der Waals surface area (Å²) in [5, 5.41) is 8.92. The van der Waals surface area contributed by atoms with Crippen LogP contribution in [-0.2, 0) is 14.3 Å². The van der Waals surface area contributed by atoms with Gasteiger partial charge in [0.2, 0.25) is 0 Å². The third-order valence-corrected chi connectivity index (χ3v) is 2.05. The molecule has 0 aliphatic carbocycles. The fraction of sp³-hybridized carbons (Fsp3) is 0.800. The van der Waals surface area contributed by atoms with Crippen LogP contribution in [0.4, 0.5) is 4.79 Å². The minimum absolute atomic E-state index is 0.0568. The summed E-state index contributed by atoms with van der Waals surface area (Å²) in [6.07, 6.45) is -1.13.